The predicted octanol–water partition coefficient (Wildman–Crippen LogP) is 2.55. The van der Waals surface area contributed by atoms with Gasteiger partial charge in [-0.1, -0.05) is 0 Å². The van der Waals surface area contributed by atoms with Gasteiger partial charge in [-0.3, -0.25) is 9.78 Å². The van der Waals surface area contributed by atoms with E-state index in [4.69, 9.17) is 9.97 Å². The molecule has 26 heavy (non-hydrogen) atoms. The molecule has 0 aromatic carbocycles. The summed E-state index contributed by atoms with van der Waals surface area (Å²) in [5, 5.41) is 10.3. The number of carboxylic acids is 1. The second kappa shape index (κ2) is 5.98. The van der Waals surface area contributed by atoms with Crippen LogP contribution in [-0.4, -0.2) is 44.1 Å². The Hall–Kier alpha value is -2.61. The summed E-state index contributed by atoms with van der Waals surface area (Å²) in [5.41, 5.74) is 1.99. The molecule has 0 bridgehead atoms. The molecule has 3 aromatic rings. The minimum absolute atomic E-state index is 0.325. The van der Waals surface area contributed by atoms with E-state index in [1.807, 2.05) is 0 Å². The molecule has 4 heterocycles. The van der Waals surface area contributed by atoms with Crippen molar-refractivity contribution in [3.63, 3.8) is 0 Å². The van der Waals surface area contributed by atoms with Crippen molar-refractivity contribution < 1.29 is 9.90 Å². The number of thiophene rings is 1. The molecule has 1 fully saturated rings. The largest absolute Gasteiger partial charge is 0.481 e. The van der Waals surface area contributed by atoms with Gasteiger partial charge in [-0.2, -0.15) is 0 Å². The summed E-state index contributed by atoms with van der Waals surface area (Å²) in [7, 11) is 0. The predicted molar refractivity (Wildman–Crippen MR) is 98.4 cm³/mol. The van der Waals surface area contributed by atoms with E-state index in [1.54, 1.807) is 29.9 Å². The molecule has 0 atom stereocenters. The highest BCUT2D eigenvalue weighted by molar-refractivity contribution is 7.19. The average Bonchev–Trinajstić information content (AvgIpc) is 2.99. The molecule has 2 aliphatic rings. The lowest BCUT2D eigenvalue weighted by molar-refractivity contribution is -0.142. The SMILES string of the molecule is O=C(O)C1CN(c2nc(-c3cnccn3)nc3sc4c(c23)CCCC4)C1. The van der Waals surface area contributed by atoms with Crippen molar-refractivity contribution >= 4 is 33.3 Å². The van der Waals surface area contributed by atoms with E-state index >= 15 is 0 Å². The van der Waals surface area contributed by atoms with Crippen molar-refractivity contribution in [1.82, 2.24) is 19.9 Å². The third kappa shape index (κ3) is 2.44. The number of anilines is 1. The minimum Gasteiger partial charge on any atom is -0.481 e. The Labute approximate surface area is 153 Å². The number of hydrogen-bond acceptors (Lipinski definition) is 7. The smallest absolute Gasteiger partial charge is 0.310 e. The van der Waals surface area contributed by atoms with Crippen molar-refractivity contribution in [2.45, 2.75) is 25.7 Å². The average molecular weight is 367 g/mol. The quantitative estimate of drug-likeness (QED) is 0.760. The van der Waals surface area contributed by atoms with E-state index in [2.05, 4.69) is 14.9 Å². The fourth-order valence-corrected chi connectivity index (χ4v) is 4.96. The van der Waals surface area contributed by atoms with E-state index < -0.39 is 5.97 Å². The summed E-state index contributed by atoms with van der Waals surface area (Å²) in [6.45, 7) is 0.984. The van der Waals surface area contributed by atoms with Crippen LogP contribution in [0.3, 0.4) is 0 Å². The van der Waals surface area contributed by atoms with Crippen molar-refractivity contribution in [2.75, 3.05) is 18.0 Å². The highest BCUT2D eigenvalue weighted by Crippen LogP contribution is 2.41. The van der Waals surface area contributed by atoms with E-state index in [0.717, 1.165) is 28.9 Å². The third-order valence-corrected chi connectivity index (χ3v) is 6.30. The summed E-state index contributed by atoms with van der Waals surface area (Å²) >= 11 is 1.74. The number of hydrogen-bond donors (Lipinski definition) is 1. The molecular weight excluding hydrogens is 350 g/mol. The fourth-order valence-electron chi connectivity index (χ4n) is 3.70. The molecular formula is C18H17N5O2S. The summed E-state index contributed by atoms with van der Waals surface area (Å²) in [6.07, 6.45) is 9.45. The monoisotopic (exact) mass is 367 g/mol. The molecule has 0 spiro atoms. The topological polar surface area (TPSA) is 92.1 Å². The summed E-state index contributed by atoms with van der Waals surface area (Å²) in [6, 6.07) is 0. The van der Waals surface area contributed by atoms with E-state index in [9.17, 15) is 9.90 Å². The number of carboxylic acid groups (broad SMARTS) is 1. The Balaban J connectivity index is 1.67. The first-order valence-corrected chi connectivity index (χ1v) is 9.59. The number of carbonyl (C=O) groups is 1. The molecule has 1 aliphatic heterocycles. The summed E-state index contributed by atoms with van der Waals surface area (Å²) < 4.78 is 0. The van der Waals surface area contributed by atoms with E-state index in [1.165, 1.54) is 23.3 Å². The van der Waals surface area contributed by atoms with Gasteiger partial charge in [0.1, 0.15) is 16.3 Å². The zero-order chi connectivity index (χ0) is 17.7. The molecule has 8 heteroatoms. The lowest BCUT2D eigenvalue weighted by Gasteiger charge is -2.38. The van der Waals surface area contributed by atoms with Crippen LogP contribution in [0.2, 0.25) is 0 Å². The number of aryl methyl sites for hydroxylation is 2. The second-order valence-electron chi connectivity index (χ2n) is 6.79. The molecule has 0 saturated carbocycles. The van der Waals surface area contributed by atoms with Crippen molar-refractivity contribution in [3.05, 3.63) is 29.0 Å². The fraction of sp³-hybridized carbons (Fsp3) is 0.389. The zero-order valence-corrected chi connectivity index (χ0v) is 14.9. The van der Waals surface area contributed by atoms with Gasteiger partial charge in [0.25, 0.3) is 0 Å². The van der Waals surface area contributed by atoms with Gasteiger partial charge in [-0.15, -0.1) is 11.3 Å². The molecule has 0 unspecified atom stereocenters. The van der Waals surface area contributed by atoms with Crippen LogP contribution >= 0.6 is 11.3 Å². The van der Waals surface area contributed by atoms with Gasteiger partial charge >= 0.3 is 5.97 Å². The normalized spacial score (nSPS) is 17.2. The van der Waals surface area contributed by atoms with Crippen molar-refractivity contribution in [3.8, 4) is 11.5 Å². The number of fused-ring (bicyclic) bond motifs is 3. The maximum atomic E-state index is 11.2. The van der Waals surface area contributed by atoms with Gasteiger partial charge in [-0.05, 0) is 31.2 Å². The van der Waals surface area contributed by atoms with Crippen LogP contribution in [0.4, 0.5) is 5.82 Å². The van der Waals surface area contributed by atoms with Crippen LogP contribution in [0, 0.1) is 5.92 Å². The van der Waals surface area contributed by atoms with Gasteiger partial charge < -0.3 is 10.0 Å². The molecule has 7 nitrogen and oxygen atoms in total. The summed E-state index contributed by atoms with van der Waals surface area (Å²) in [5.74, 6) is 0.341. The first-order chi connectivity index (χ1) is 12.7. The van der Waals surface area contributed by atoms with Gasteiger partial charge in [-0.25, -0.2) is 15.0 Å². The third-order valence-electron chi connectivity index (χ3n) is 5.12. The van der Waals surface area contributed by atoms with Gasteiger partial charge in [0.15, 0.2) is 5.82 Å². The first-order valence-electron chi connectivity index (χ1n) is 8.77. The Morgan fingerprint density at radius 2 is 2.04 bits per heavy atom. The lowest BCUT2D eigenvalue weighted by Crippen LogP contribution is -2.51. The number of rotatable bonds is 3. The second-order valence-corrected chi connectivity index (χ2v) is 7.88. The Morgan fingerprint density at radius 1 is 1.19 bits per heavy atom. The molecule has 1 saturated heterocycles. The van der Waals surface area contributed by atoms with Crippen LogP contribution < -0.4 is 4.90 Å². The maximum absolute atomic E-state index is 11.2. The molecule has 3 aromatic heterocycles. The molecule has 1 N–H and O–H groups in total. The minimum atomic E-state index is -0.743. The first kappa shape index (κ1) is 15.6. The highest BCUT2D eigenvalue weighted by atomic mass is 32.1. The number of nitrogens with zero attached hydrogens (tertiary/aromatic N) is 5. The Bertz CT molecular complexity index is 998. The molecule has 5 rings (SSSR count). The maximum Gasteiger partial charge on any atom is 0.310 e. The standard InChI is InChI=1S/C18H17N5O2S/c24-18(25)10-8-23(9-10)16-14-11-3-1-2-4-13(11)26-17(14)22-15(21-16)12-7-19-5-6-20-12/h5-7,10H,1-4,8-9H2,(H,24,25). The Kier molecular flexibility index (Phi) is 3.59. The zero-order valence-electron chi connectivity index (χ0n) is 14.1. The molecule has 132 valence electrons. The summed E-state index contributed by atoms with van der Waals surface area (Å²) in [4.78, 5) is 33.7. The Morgan fingerprint density at radius 3 is 2.81 bits per heavy atom. The number of aliphatic carboxylic acids is 1. The molecule has 0 amide bonds. The van der Waals surface area contributed by atoms with Crippen LogP contribution in [0.15, 0.2) is 18.6 Å². The van der Waals surface area contributed by atoms with E-state index in [-0.39, 0.29) is 5.92 Å². The molecule has 1 aliphatic carbocycles. The van der Waals surface area contributed by atoms with Crippen LogP contribution in [0.1, 0.15) is 23.3 Å². The molecule has 0 radical (unpaired) electrons. The lowest BCUT2D eigenvalue weighted by atomic mass is 9.95. The van der Waals surface area contributed by atoms with Crippen LogP contribution in [0.25, 0.3) is 21.7 Å². The van der Waals surface area contributed by atoms with Crippen molar-refractivity contribution in [1.29, 1.82) is 0 Å². The van der Waals surface area contributed by atoms with Crippen molar-refractivity contribution in [2.24, 2.45) is 5.92 Å². The van der Waals surface area contributed by atoms with Crippen LogP contribution in [0.5, 0.6) is 0 Å². The van der Waals surface area contributed by atoms with E-state index in [0.29, 0.717) is 24.6 Å². The van der Waals surface area contributed by atoms with Crippen LogP contribution in [-0.2, 0) is 17.6 Å². The van der Waals surface area contributed by atoms with Gasteiger partial charge in [0.05, 0.1) is 17.5 Å². The highest BCUT2D eigenvalue weighted by Gasteiger charge is 2.36. The number of aromatic nitrogens is 4. The van der Waals surface area contributed by atoms with Gasteiger partial charge in [0.2, 0.25) is 0 Å². The van der Waals surface area contributed by atoms with Gasteiger partial charge in [0, 0.05) is 30.4 Å².